The summed E-state index contributed by atoms with van der Waals surface area (Å²) in [4.78, 5) is 35.0. The van der Waals surface area contributed by atoms with Crippen molar-refractivity contribution in [3.05, 3.63) is 61.8 Å². The van der Waals surface area contributed by atoms with Crippen LogP contribution in [0.2, 0.25) is 0 Å². The van der Waals surface area contributed by atoms with Crippen molar-refractivity contribution < 1.29 is 19.2 Å². The highest BCUT2D eigenvalue weighted by atomic mass is 32.2. The number of nitrogens with one attached hydrogen (secondary N) is 1. The molecule has 0 aliphatic carbocycles. The van der Waals surface area contributed by atoms with E-state index in [-0.39, 0.29) is 40.5 Å². The van der Waals surface area contributed by atoms with Gasteiger partial charge in [0.2, 0.25) is 0 Å². The molecule has 0 bridgehead atoms. The Bertz CT molecular complexity index is 930. The van der Waals surface area contributed by atoms with Crippen LogP contribution in [0.15, 0.2) is 46.1 Å². The van der Waals surface area contributed by atoms with Gasteiger partial charge in [-0.3, -0.25) is 14.9 Å². The van der Waals surface area contributed by atoms with E-state index >= 15 is 0 Å². The molecule has 0 saturated carbocycles. The van der Waals surface area contributed by atoms with Crippen LogP contribution >= 0.6 is 11.8 Å². The summed E-state index contributed by atoms with van der Waals surface area (Å²) in [5, 5.41) is 24.7. The van der Waals surface area contributed by atoms with Gasteiger partial charge in [0.1, 0.15) is 5.78 Å². The average molecular weight is 401 g/mol. The highest BCUT2D eigenvalue weighted by Crippen LogP contribution is 2.43. The number of para-hydroxylation sites is 1. The van der Waals surface area contributed by atoms with E-state index in [1.807, 2.05) is 0 Å². The number of rotatable bonds is 7. The van der Waals surface area contributed by atoms with Gasteiger partial charge in [-0.1, -0.05) is 30.0 Å². The lowest BCUT2D eigenvalue weighted by atomic mass is 9.82. The van der Waals surface area contributed by atoms with E-state index in [0.29, 0.717) is 10.7 Å². The zero-order chi connectivity index (χ0) is 20.8. The van der Waals surface area contributed by atoms with Crippen molar-refractivity contribution in [1.29, 1.82) is 5.26 Å². The lowest BCUT2D eigenvalue weighted by Gasteiger charge is -2.29. The number of Topliss-reactive ketones (excluding diaryl/α,β-unsaturated/α-hetero) is 1. The molecule has 0 spiro atoms. The Hall–Kier alpha value is -3.12. The van der Waals surface area contributed by atoms with Gasteiger partial charge in [-0.15, -0.1) is 0 Å². The molecule has 28 heavy (non-hydrogen) atoms. The molecule has 1 aliphatic heterocycles. The second-order valence-electron chi connectivity index (χ2n) is 5.98. The van der Waals surface area contributed by atoms with Gasteiger partial charge in [0.25, 0.3) is 5.69 Å². The van der Waals surface area contributed by atoms with Crippen molar-refractivity contribution in [3.63, 3.8) is 0 Å². The number of nitro groups is 1. The van der Waals surface area contributed by atoms with Gasteiger partial charge in [-0.05, 0) is 20.8 Å². The fourth-order valence-electron chi connectivity index (χ4n) is 2.89. The number of carbonyl (C=O) groups excluding carboxylic acids is 2. The predicted molar refractivity (Wildman–Crippen MR) is 104 cm³/mol. The third kappa shape index (κ3) is 4.40. The minimum absolute atomic E-state index is 0.0864. The number of esters is 1. The van der Waals surface area contributed by atoms with Crippen LogP contribution in [0.25, 0.3) is 0 Å². The number of hydrogen-bond acceptors (Lipinski definition) is 8. The van der Waals surface area contributed by atoms with E-state index in [2.05, 4.69) is 11.4 Å². The smallest absolute Gasteiger partial charge is 0.336 e. The third-order valence-electron chi connectivity index (χ3n) is 4.01. The Kier molecular flexibility index (Phi) is 6.95. The molecule has 146 valence electrons. The summed E-state index contributed by atoms with van der Waals surface area (Å²) < 4.78 is 5.13. The summed E-state index contributed by atoms with van der Waals surface area (Å²) in [6.45, 7) is 4.83. The lowest BCUT2D eigenvalue weighted by molar-refractivity contribution is -0.385. The lowest BCUT2D eigenvalue weighted by Crippen LogP contribution is -2.29. The number of allylic oxidation sites excluding steroid dienone is 2. The van der Waals surface area contributed by atoms with Crippen LogP contribution in [0.3, 0.4) is 0 Å². The molecule has 2 rings (SSSR count). The summed E-state index contributed by atoms with van der Waals surface area (Å²) in [7, 11) is 0. The fourth-order valence-corrected chi connectivity index (χ4v) is 3.78. The van der Waals surface area contributed by atoms with Crippen LogP contribution in [0.4, 0.5) is 5.69 Å². The average Bonchev–Trinajstić information content (AvgIpc) is 2.65. The standard InChI is InChI=1S/C19H19N3O5S/c1-4-27-19(24)16-12(3)21-18(28-10-11(2)23)14(9-20)17(16)13-7-5-6-8-15(13)22(25)26/h5-8,17,21H,4,10H2,1-3H3. The first kappa shape index (κ1) is 21.2. The van der Waals surface area contributed by atoms with Crippen LogP contribution in [-0.4, -0.2) is 29.0 Å². The number of nitrogens with zero attached hydrogens (tertiary/aromatic N) is 2. The van der Waals surface area contributed by atoms with Gasteiger partial charge in [0.15, 0.2) is 0 Å². The SMILES string of the molecule is CCOC(=O)C1=C(C)NC(SCC(C)=O)=C(C#N)C1c1ccccc1[N+](=O)[O-]. The Morgan fingerprint density at radius 1 is 1.39 bits per heavy atom. The molecule has 1 aromatic rings. The molecule has 0 radical (unpaired) electrons. The van der Waals surface area contributed by atoms with Crippen molar-refractivity contribution in [2.75, 3.05) is 12.4 Å². The number of thioether (sulfide) groups is 1. The van der Waals surface area contributed by atoms with Gasteiger partial charge in [-0.25, -0.2) is 4.79 Å². The predicted octanol–water partition coefficient (Wildman–Crippen LogP) is 3.18. The summed E-state index contributed by atoms with van der Waals surface area (Å²) in [6, 6.07) is 8.04. The van der Waals surface area contributed by atoms with E-state index in [4.69, 9.17) is 4.74 Å². The van der Waals surface area contributed by atoms with Crippen molar-refractivity contribution >= 4 is 29.2 Å². The number of nitriles is 1. The zero-order valence-corrected chi connectivity index (χ0v) is 16.5. The molecule has 0 amide bonds. The molecule has 1 atom stereocenters. The number of hydrogen-bond donors (Lipinski definition) is 1. The van der Waals surface area contributed by atoms with Crippen LogP contribution in [-0.2, 0) is 14.3 Å². The van der Waals surface area contributed by atoms with Gasteiger partial charge in [0.05, 0.1) is 45.4 Å². The van der Waals surface area contributed by atoms with E-state index in [9.17, 15) is 25.0 Å². The van der Waals surface area contributed by atoms with Gasteiger partial charge < -0.3 is 10.1 Å². The highest BCUT2D eigenvalue weighted by molar-refractivity contribution is 8.03. The quantitative estimate of drug-likeness (QED) is 0.420. The Morgan fingerprint density at radius 3 is 2.64 bits per heavy atom. The largest absolute Gasteiger partial charge is 0.463 e. The molecule has 1 unspecified atom stereocenters. The van der Waals surface area contributed by atoms with Gasteiger partial charge in [-0.2, -0.15) is 5.26 Å². The zero-order valence-electron chi connectivity index (χ0n) is 15.6. The number of ketones is 1. The summed E-state index contributed by atoms with van der Waals surface area (Å²) in [6.07, 6.45) is 0. The number of nitro benzene ring substituents is 1. The van der Waals surface area contributed by atoms with Gasteiger partial charge in [0, 0.05) is 17.3 Å². The Morgan fingerprint density at radius 2 is 2.07 bits per heavy atom. The van der Waals surface area contributed by atoms with Crippen LogP contribution < -0.4 is 5.32 Å². The topological polar surface area (TPSA) is 122 Å². The van der Waals surface area contributed by atoms with Crippen molar-refractivity contribution in [2.24, 2.45) is 0 Å². The number of ether oxygens (including phenoxy) is 1. The maximum atomic E-state index is 12.6. The van der Waals surface area contributed by atoms with Crippen molar-refractivity contribution in [2.45, 2.75) is 26.7 Å². The first-order chi connectivity index (χ1) is 13.3. The minimum atomic E-state index is -0.971. The monoisotopic (exact) mass is 401 g/mol. The molecule has 1 heterocycles. The highest BCUT2D eigenvalue weighted by Gasteiger charge is 2.38. The maximum Gasteiger partial charge on any atom is 0.336 e. The summed E-state index contributed by atoms with van der Waals surface area (Å²) in [5.41, 5.74) is 0.710. The molecule has 1 aliphatic rings. The first-order valence-electron chi connectivity index (χ1n) is 8.46. The minimum Gasteiger partial charge on any atom is -0.463 e. The van der Waals surface area contributed by atoms with E-state index < -0.39 is 16.8 Å². The summed E-state index contributed by atoms with van der Waals surface area (Å²) >= 11 is 1.12. The molecule has 1 aromatic carbocycles. The van der Waals surface area contributed by atoms with E-state index in [0.717, 1.165) is 11.8 Å². The normalized spacial score (nSPS) is 16.3. The second kappa shape index (κ2) is 9.19. The fraction of sp³-hybridized carbons (Fsp3) is 0.316. The van der Waals surface area contributed by atoms with Crippen molar-refractivity contribution in [1.82, 2.24) is 5.32 Å². The molecular formula is C19H19N3O5S. The molecule has 1 N–H and O–H groups in total. The molecule has 9 heteroatoms. The number of carbonyl (C=O) groups is 2. The molecule has 0 fully saturated rings. The molecule has 8 nitrogen and oxygen atoms in total. The van der Waals surface area contributed by atoms with Crippen LogP contribution in [0.5, 0.6) is 0 Å². The first-order valence-corrected chi connectivity index (χ1v) is 9.45. The van der Waals surface area contributed by atoms with E-state index in [1.54, 1.807) is 19.9 Å². The summed E-state index contributed by atoms with van der Waals surface area (Å²) in [5.74, 6) is -1.59. The Labute approximate surface area is 166 Å². The third-order valence-corrected chi connectivity index (χ3v) is 5.17. The van der Waals surface area contributed by atoms with Crippen molar-refractivity contribution in [3.8, 4) is 6.07 Å². The molecule has 0 aromatic heterocycles. The maximum absolute atomic E-state index is 12.6. The van der Waals surface area contributed by atoms with Crippen LogP contribution in [0.1, 0.15) is 32.3 Å². The molecular weight excluding hydrogens is 382 g/mol. The number of benzene rings is 1. The van der Waals surface area contributed by atoms with Crippen LogP contribution in [0, 0.1) is 21.4 Å². The Balaban J connectivity index is 2.71. The number of dihydropyridines is 1. The second-order valence-corrected chi connectivity index (χ2v) is 6.96. The van der Waals surface area contributed by atoms with E-state index in [1.165, 1.54) is 25.1 Å². The van der Waals surface area contributed by atoms with Gasteiger partial charge >= 0.3 is 5.97 Å². The molecule has 0 saturated heterocycles.